The Morgan fingerprint density at radius 2 is 1.89 bits per heavy atom. The normalized spacial score (nSPS) is 12.1. The van der Waals surface area contributed by atoms with Crippen LogP contribution in [0.25, 0.3) is 0 Å². The van der Waals surface area contributed by atoms with Crippen LogP contribution < -0.4 is 0 Å². The van der Waals surface area contributed by atoms with E-state index in [4.69, 9.17) is 0 Å². The molecule has 0 aromatic heterocycles. The van der Waals surface area contributed by atoms with E-state index in [0.29, 0.717) is 10.4 Å². The fraction of sp³-hybridized carbons (Fsp3) is 0.857. The zero-order valence-corrected chi connectivity index (χ0v) is 6.72. The second-order valence-electron chi connectivity index (χ2n) is 3.46. The Morgan fingerprint density at radius 3 is 2.00 bits per heavy atom. The number of hydrogen-bond acceptors (Lipinski definition) is 1. The number of carbonyl (C=O) groups excluding carboxylic acids is 1. The fourth-order valence-electron chi connectivity index (χ4n) is 0.984. The summed E-state index contributed by atoms with van der Waals surface area (Å²) >= 11 is 0. The first-order valence-electron chi connectivity index (χ1n) is 3.27. The van der Waals surface area contributed by atoms with Crippen LogP contribution in [0.4, 0.5) is 0 Å². The highest BCUT2D eigenvalue weighted by atomic mass is 16.1. The maximum Gasteiger partial charge on any atom is 0.301 e. The Balaban J connectivity index is 3.71. The van der Waals surface area contributed by atoms with E-state index >= 15 is 0 Å². The van der Waals surface area contributed by atoms with Crippen molar-refractivity contribution in [3.8, 4) is 0 Å². The van der Waals surface area contributed by atoms with Crippen LogP contribution in [-0.4, -0.2) is 31.5 Å². The van der Waals surface area contributed by atoms with Gasteiger partial charge in [0.25, 0.3) is 0 Å². The van der Waals surface area contributed by atoms with Gasteiger partial charge in [0.2, 0.25) is 0 Å². The molecule has 0 radical (unpaired) electrons. The molecule has 2 heteroatoms. The molecule has 0 heterocycles. The van der Waals surface area contributed by atoms with Crippen LogP contribution >= 0.6 is 0 Å². The van der Waals surface area contributed by atoms with Crippen molar-refractivity contribution in [2.75, 3.05) is 20.6 Å². The Kier molecular flexibility index (Phi) is 2.85. The second-order valence-corrected chi connectivity index (χ2v) is 3.46. The summed E-state index contributed by atoms with van der Waals surface area (Å²) in [5.41, 5.74) is 0. The quantitative estimate of drug-likeness (QED) is 0.409. The molecule has 0 atom stereocenters. The van der Waals surface area contributed by atoms with Crippen molar-refractivity contribution in [1.29, 1.82) is 0 Å². The topological polar surface area (TPSA) is 17.1 Å². The Labute approximate surface area is 57.1 Å². The molecular weight excluding hydrogens is 114 g/mol. The van der Waals surface area contributed by atoms with Crippen molar-refractivity contribution in [3.63, 3.8) is 0 Å². The van der Waals surface area contributed by atoms with E-state index in [0.717, 1.165) is 13.0 Å². The number of rotatable bonds is 3. The largest absolute Gasteiger partial charge is 0.301 e. The zero-order chi connectivity index (χ0) is 7.49. The van der Waals surface area contributed by atoms with Gasteiger partial charge in [0.15, 0.2) is 0 Å². The average Bonchev–Trinajstić information content (AvgIpc) is 1.63. The summed E-state index contributed by atoms with van der Waals surface area (Å²) in [4.78, 5) is 10.3. The standard InChI is InChI=1S/C7H16NO/c1-7(2)5-8(3,4)6-9/h6-7H,5H2,1-4H3/q+1. The molecule has 0 bridgehead atoms. The van der Waals surface area contributed by atoms with Gasteiger partial charge in [-0.25, -0.2) is 4.79 Å². The van der Waals surface area contributed by atoms with Crippen molar-refractivity contribution in [2.24, 2.45) is 5.92 Å². The van der Waals surface area contributed by atoms with Gasteiger partial charge in [0.1, 0.15) is 0 Å². The highest BCUT2D eigenvalue weighted by Crippen LogP contribution is 1.99. The van der Waals surface area contributed by atoms with E-state index in [1.807, 2.05) is 14.1 Å². The van der Waals surface area contributed by atoms with Gasteiger partial charge in [-0.05, 0) is 0 Å². The van der Waals surface area contributed by atoms with Crippen molar-refractivity contribution in [1.82, 2.24) is 0 Å². The third kappa shape index (κ3) is 4.15. The molecule has 0 saturated heterocycles. The summed E-state index contributed by atoms with van der Waals surface area (Å²) in [5.74, 6) is 0.588. The molecule has 1 amide bonds. The van der Waals surface area contributed by atoms with E-state index in [9.17, 15) is 4.79 Å². The van der Waals surface area contributed by atoms with Crippen molar-refractivity contribution in [2.45, 2.75) is 13.8 Å². The minimum atomic E-state index is 0.470. The third-order valence-corrected chi connectivity index (χ3v) is 1.12. The molecule has 0 unspecified atom stereocenters. The van der Waals surface area contributed by atoms with E-state index in [2.05, 4.69) is 13.8 Å². The molecule has 0 N–H and O–H groups in total. The number of nitrogens with zero attached hydrogens (tertiary/aromatic N) is 1. The van der Waals surface area contributed by atoms with Gasteiger partial charge in [0.05, 0.1) is 20.6 Å². The molecule has 0 aromatic rings. The van der Waals surface area contributed by atoms with E-state index in [1.165, 1.54) is 0 Å². The highest BCUT2D eigenvalue weighted by Gasteiger charge is 2.14. The monoisotopic (exact) mass is 130 g/mol. The van der Waals surface area contributed by atoms with Gasteiger partial charge in [-0.15, -0.1) is 0 Å². The van der Waals surface area contributed by atoms with Gasteiger partial charge in [-0.1, -0.05) is 13.8 Å². The summed E-state index contributed by atoms with van der Waals surface area (Å²) in [6.45, 7) is 5.15. The molecule has 0 rings (SSSR count). The number of quaternary nitrogens is 1. The van der Waals surface area contributed by atoms with Crippen LogP contribution in [-0.2, 0) is 4.79 Å². The second kappa shape index (κ2) is 2.97. The number of amides is 1. The molecule has 2 nitrogen and oxygen atoms in total. The Morgan fingerprint density at radius 1 is 1.44 bits per heavy atom. The van der Waals surface area contributed by atoms with Crippen LogP contribution in [0, 0.1) is 5.92 Å². The first kappa shape index (κ1) is 8.63. The van der Waals surface area contributed by atoms with E-state index in [-0.39, 0.29) is 0 Å². The van der Waals surface area contributed by atoms with Gasteiger partial charge in [-0.3, -0.25) is 4.48 Å². The average molecular weight is 130 g/mol. The summed E-state index contributed by atoms with van der Waals surface area (Å²) in [5, 5.41) is 0. The van der Waals surface area contributed by atoms with Gasteiger partial charge < -0.3 is 0 Å². The minimum Gasteiger partial charge on any atom is -0.268 e. The maximum atomic E-state index is 10.3. The Hall–Kier alpha value is -0.370. The summed E-state index contributed by atoms with van der Waals surface area (Å²) in [7, 11) is 3.82. The van der Waals surface area contributed by atoms with Gasteiger partial charge in [-0.2, -0.15) is 0 Å². The first-order chi connectivity index (χ1) is 3.98. The molecule has 54 valence electrons. The lowest BCUT2D eigenvalue weighted by molar-refractivity contribution is -0.807. The first-order valence-corrected chi connectivity index (χ1v) is 3.27. The summed E-state index contributed by atoms with van der Waals surface area (Å²) < 4.78 is 0.470. The van der Waals surface area contributed by atoms with Crippen molar-refractivity contribution < 1.29 is 9.28 Å². The molecule has 0 spiro atoms. The Bertz CT molecular complexity index is 97.1. The van der Waals surface area contributed by atoms with Gasteiger partial charge >= 0.3 is 6.41 Å². The smallest absolute Gasteiger partial charge is 0.268 e. The summed E-state index contributed by atoms with van der Waals surface area (Å²) in [6, 6.07) is 0. The fourth-order valence-corrected chi connectivity index (χ4v) is 0.984. The predicted octanol–water partition coefficient (Wildman–Crippen LogP) is 0.875. The lowest BCUT2D eigenvalue weighted by Crippen LogP contribution is -2.40. The van der Waals surface area contributed by atoms with Crippen LogP contribution in [0.5, 0.6) is 0 Å². The van der Waals surface area contributed by atoms with Crippen molar-refractivity contribution in [3.05, 3.63) is 0 Å². The zero-order valence-electron chi connectivity index (χ0n) is 6.72. The van der Waals surface area contributed by atoms with Crippen LogP contribution in [0.15, 0.2) is 0 Å². The molecular formula is C7H16NO+. The molecule has 0 aliphatic carbocycles. The molecule has 0 saturated carbocycles. The molecule has 0 aliphatic heterocycles. The van der Waals surface area contributed by atoms with Crippen molar-refractivity contribution >= 4 is 6.41 Å². The third-order valence-electron chi connectivity index (χ3n) is 1.12. The molecule has 0 aromatic carbocycles. The molecule has 0 aliphatic rings. The lowest BCUT2D eigenvalue weighted by atomic mass is 10.2. The van der Waals surface area contributed by atoms with Crippen LogP contribution in [0.3, 0.4) is 0 Å². The number of hydrogen-bond donors (Lipinski definition) is 0. The van der Waals surface area contributed by atoms with Gasteiger partial charge in [0, 0.05) is 5.92 Å². The van der Waals surface area contributed by atoms with Crippen LogP contribution in [0.2, 0.25) is 0 Å². The van der Waals surface area contributed by atoms with E-state index < -0.39 is 0 Å². The maximum absolute atomic E-state index is 10.3. The lowest BCUT2D eigenvalue weighted by Gasteiger charge is -2.22. The predicted molar refractivity (Wildman–Crippen MR) is 37.9 cm³/mol. The highest BCUT2D eigenvalue weighted by molar-refractivity contribution is 5.36. The SMILES string of the molecule is CC(C)C[N+](C)(C)C=O. The summed E-state index contributed by atoms with van der Waals surface area (Å²) in [6.07, 6.45) is 0.972. The van der Waals surface area contributed by atoms with Crippen LogP contribution in [0.1, 0.15) is 13.8 Å². The minimum absolute atomic E-state index is 0.470. The number of carbonyl (C=O) groups is 1. The van der Waals surface area contributed by atoms with E-state index in [1.54, 1.807) is 0 Å². The molecule has 0 fully saturated rings. The molecule has 9 heavy (non-hydrogen) atoms.